The van der Waals surface area contributed by atoms with Crippen LogP contribution in [0.15, 0.2) is 30.3 Å². The Labute approximate surface area is 132 Å². The Hall–Kier alpha value is -1.55. The highest BCUT2D eigenvalue weighted by Crippen LogP contribution is 2.60. The molecule has 22 heavy (non-hydrogen) atoms. The molecule has 120 valence electrons. The normalized spacial score (nSPS) is 29.2. The molecule has 1 aromatic rings. The van der Waals surface area contributed by atoms with Crippen molar-refractivity contribution in [3.8, 4) is 0 Å². The molecule has 0 aliphatic heterocycles. The van der Waals surface area contributed by atoms with Gasteiger partial charge in [-0.3, -0.25) is 0 Å². The van der Waals surface area contributed by atoms with Gasteiger partial charge in [-0.15, -0.1) is 0 Å². The van der Waals surface area contributed by atoms with Crippen molar-refractivity contribution in [2.45, 2.75) is 63.1 Å². The minimum absolute atomic E-state index is 0.0118. The molecule has 2 bridgehead atoms. The van der Waals surface area contributed by atoms with Crippen molar-refractivity contribution < 1.29 is 9.53 Å². The molecular formula is C18H26N2O2. The van der Waals surface area contributed by atoms with Crippen molar-refractivity contribution in [2.24, 2.45) is 0 Å². The van der Waals surface area contributed by atoms with E-state index in [1.807, 2.05) is 26.8 Å². The number of alkyl carbamates (subject to hydrolysis) is 1. The zero-order valence-electron chi connectivity index (χ0n) is 13.7. The lowest BCUT2D eigenvalue weighted by Gasteiger charge is -2.70. The molecule has 4 rings (SSSR count). The fourth-order valence-electron chi connectivity index (χ4n) is 3.74. The third-order valence-electron chi connectivity index (χ3n) is 4.55. The first-order valence-electron chi connectivity index (χ1n) is 8.10. The van der Waals surface area contributed by atoms with E-state index in [1.54, 1.807) is 0 Å². The molecular weight excluding hydrogens is 276 g/mol. The Morgan fingerprint density at radius 1 is 1.14 bits per heavy atom. The zero-order chi connectivity index (χ0) is 15.8. The van der Waals surface area contributed by atoms with Gasteiger partial charge in [0.05, 0.1) is 0 Å². The first-order chi connectivity index (χ1) is 10.3. The molecule has 3 saturated carbocycles. The standard InChI is InChI=1S/C18H26N2O2/c1-16(2,3)22-15(21)20-18-11-17(12-18,13-18)19-10-9-14-7-5-4-6-8-14/h4-8,19H,9-13H2,1-3H3,(H,20,21). The van der Waals surface area contributed by atoms with E-state index < -0.39 is 5.60 Å². The molecule has 0 radical (unpaired) electrons. The Bertz CT molecular complexity index is 528. The minimum Gasteiger partial charge on any atom is -0.444 e. The van der Waals surface area contributed by atoms with Crippen LogP contribution in [0.4, 0.5) is 4.79 Å². The van der Waals surface area contributed by atoms with Gasteiger partial charge in [-0.2, -0.15) is 0 Å². The molecule has 0 atom stereocenters. The highest BCUT2D eigenvalue weighted by atomic mass is 16.6. The Kier molecular flexibility index (Phi) is 3.68. The van der Waals surface area contributed by atoms with Gasteiger partial charge in [0.2, 0.25) is 0 Å². The summed E-state index contributed by atoms with van der Waals surface area (Å²) in [4.78, 5) is 11.8. The van der Waals surface area contributed by atoms with Gasteiger partial charge in [-0.25, -0.2) is 4.79 Å². The van der Waals surface area contributed by atoms with Gasteiger partial charge in [0.15, 0.2) is 0 Å². The number of carbonyl (C=O) groups is 1. The zero-order valence-corrected chi connectivity index (χ0v) is 13.7. The van der Waals surface area contributed by atoms with Gasteiger partial charge >= 0.3 is 6.09 Å². The maximum Gasteiger partial charge on any atom is 0.408 e. The van der Waals surface area contributed by atoms with Crippen molar-refractivity contribution in [2.75, 3.05) is 6.54 Å². The summed E-state index contributed by atoms with van der Waals surface area (Å²) < 4.78 is 5.34. The number of nitrogens with one attached hydrogen (secondary N) is 2. The number of benzene rings is 1. The van der Waals surface area contributed by atoms with Crippen LogP contribution in [0.3, 0.4) is 0 Å². The van der Waals surface area contributed by atoms with E-state index in [-0.39, 0.29) is 17.2 Å². The topological polar surface area (TPSA) is 50.4 Å². The summed E-state index contributed by atoms with van der Waals surface area (Å²) in [6.07, 6.45) is 3.83. The fraction of sp³-hybridized carbons (Fsp3) is 0.611. The highest BCUT2D eigenvalue weighted by Gasteiger charge is 2.68. The van der Waals surface area contributed by atoms with Gasteiger partial charge in [0.1, 0.15) is 5.60 Å². The predicted octanol–water partition coefficient (Wildman–Crippen LogP) is 3.02. The average molecular weight is 302 g/mol. The lowest BCUT2D eigenvalue weighted by molar-refractivity contribution is -0.103. The second-order valence-electron chi connectivity index (χ2n) is 7.88. The number of amides is 1. The van der Waals surface area contributed by atoms with Crippen LogP contribution in [0.1, 0.15) is 45.6 Å². The van der Waals surface area contributed by atoms with Gasteiger partial charge in [0, 0.05) is 11.1 Å². The first kappa shape index (κ1) is 15.3. The minimum atomic E-state index is -0.431. The summed E-state index contributed by atoms with van der Waals surface area (Å²) >= 11 is 0. The summed E-state index contributed by atoms with van der Waals surface area (Å²) in [5.41, 5.74) is 1.17. The quantitative estimate of drug-likeness (QED) is 0.879. The van der Waals surface area contributed by atoms with Gasteiger partial charge in [-0.1, -0.05) is 30.3 Å². The molecule has 0 aromatic heterocycles. The van der Waals surface area contributed by atoms with Crippen LogP contribution in [0.2, 0.25) is 0 Å². The lowest BCUT2D eigenvalue weighted by Crippen LogP contribution is -2.83. The summed E-state index contributed by atoms with van der Waals surface area (Å²) in [5.74, 6) is 0. The molecule has 2 N–H and O–H groups in total. The molecule has 4 heteroatoms. The molecule has 0 heterocycles. The van der Waals surface area contributed by atoms with Crippen molar-refractivity contribution >= 4 is 6.09 Å². The van der Waals surface area contributed by atoms with Crippen LogP contribution in [0.25, 0.3) is 0 Å². The molecule has 0 saturated heterocycles. The fourth-order valence-corrected chi connectivity index (χ4v) is 3.74. The number of carbonyl (C=O) groups excluding carboxylic acids is 1. The average Bonchev–Trinajstić information content (AvgIpc) is 2.33. The Morgan fingerprint density at radius 2 is 1.77 bits per heavy atom. The molecule has 1 amide bonds. The Morgan fingerprint density at radius 3 is 2.36 bits per heavy atom. The molecule has 4 nitrogen and oxygen atoms in total. The molecule has 3 aliphatic carbocycles. The van der Waals surface area contributed by atoms with E-state index in [0.717, 1.165) is 32.2 Å². The van der Waals surface area contributed by atoms with E-state index in [9.17, 15) is 4.79 Å². The smallest absolute Gasteiger partial charge is 0.408 e. The second kappa shape index (κ2) is 5.27. The van der Waals surface area contributed by atoms with Crippen molar-refractivity contribution in [3.63, 3.8) is 0 Å². The molecule has 0 unspecified atom stereocenters. The van der Waals surface area contributed by atoms with Crippen molar-refractivity contribution in [3.05, 3.63) is 35.9 Å². The number of rotatable bonds is 5. The van der Waals surface area contributed by atoms with E-state index in [1.165, 1.54) is 5.56 Å². The third-order valence-corrected chi connectivity index (χ3v) is 4.55. The SMILES string of the molecule is CC(C)(C)OC(=O)NC12CC(NCCc3ccccc3)(C1)C2. The third kappa shape index (κ3) is 3.27. The van der Waals surface area contributed by atoms with Crippen LogP contribution in [0.5, 0.6) is 0 Å². The predicted molar refractivity (Wildman–Crippen MR) is 86.8 cm³/mol. The van der Waals surface area contributed by atoms with Crippen molar-refractivity contribution in [1.82, 2.24) is 10.6 Å². The highest BCUT2D eigenvalue weighted by molar-refractivity contribution is 5.70. The van der Waals surface area contributed by atoms with E-state index >= 15 is 0 Å². The van der Waals surface area contributed by atoms with Crippen LogP contribution in [-0.4, -0.2) is 29.3 Å². The van der Waals surface area contributed by atoms with Gasteiger partial charge in [-0.05, 0) is 58.6 Å². The number of ether oxygens (including phenoxy) is 1. The molecule has 1 aromatic carbocycles. The monoisotopic (exact) mass is 302 g/mol. The lowest BCUT2D eigenvalue weighted by atomic mass is 9.44. The maximum absolute atomic E-state index is 11.8. The molecule has 3 aliphatic rings. The molecule has 0 spiro atoms. The Balaban J connectivity index is 1.38. The first-order valence-corrected chi connectivity index (χ1v) is 8.10. The maximum atomic E-state index is 11.8. The largest absolute Gasteiger partial charge is 0.444 e. The van der Waals surface area contributed by atoms with E-state index in [2.05, 4.69) is 34.9 Å². The van der Waals surface area contributed by atoms with E-state index in [0.29, 0.717) is 0 Å². The summed E-state index contributed by atoms with van der Waals surface area (Å²) in [6, 6.07) is 10.5. The van der Waals surface area contributed by atoms with Crippen LogP contribution >= 0.6 is 0 Å². The number of hydrogen-bond acceptors (Lipinski definition) is 3. The summed E-state index contributed by atoms with van der Waals surface area (Å²) in [7, 11) is 0. The van der Waals surface area contributed by atoms with Crippen LogP contribution < -0.4 is 10.6 Å². The van der Waals surface area contributed by atoms with Gasteiger partial charge < -0.3 is 15.4 Å². The van der Waals surface area contributed by atoms with E-state index in [4.69, 9.17) is 4.74 Å². The summed E-state index contributed by atoms with van der Waals surface area (Å²) in [6.45, 7) is 6.66. The van der Waals surface area contributed by atoms with Crippen molar-refractivity contribution in [1.29, 1.82) is 0 Å². The van der Waals surface area contributed by atoms with Gasteiger partial charge in [0.25, 0.3) is 0 Å². The van der Waals surface area contributed by atoms with Crippen LogP contribution in [-0.2, 0) is 11.2 Å². The summed E-state index contributed by atoms with van der Waals surface area (Å²) in [5, 5.41) is 6.71. The van der Waals surface area contributed by atoms with Crippen LogP contribution in [0, 0.1) is 0 Å². The number of hydrogen-bond donors (Lipinski definition) is 2. The molecule has 3 fully saturated rings. The second-order valence-corrected chi connectivity index (χ2v) is 7.88.